The minimum Gasteiger partial charge on any atom is -0.480 e. The number of carboxylic acid groups (broad SMARTS) is 1. The van der Waals surface area contributed by atoms with Crippen molar-refractivity contribution in [2.45, 2.75) is 45.2 Å². The zero-order valence-corrected chi connectivity index (χ0v) is 11.7. The van der Waals surface area contributed by atoms with Crippen LogP contribution >= 0.6 is 0 Å². The van der Waals surface area contributed by atoms with Gasteiger partial charge in [0.05, 0.1) is 0 Å². The van der Waals surface area contributed by atoms with Crippen molar-refractivity contribution in [2.24, 2.45) is 5.92 Å². The minimum atomic E-state index is -0.734. The van der Waals surface area contributed by atoms with E-state index >= 15 is 0 Å². The van der Waals surface area contributed by atoms with Gasteiger partial charge in [0.2, 0.25) is 0 Å². The summed E-state index contributed by atoms with van der Waals surface area (Å²) in [5, 5.41) is 9.60. The molecular formula is C16H23NO2. The van der Waals surface area contributed by atoms with Gasteiger partial charge in [-0.15, -0.1) is 0 Å². The quantitative estimate of drug-likeness (QED) is 0.818. The molecule has 1 fully saturated rings. The van der Waals surface area contributed by atoms with E-state index in [0.717, 1.165) is 31.4 Å². The molecule has 1 aromatic carbocycles. The molecule has 1 aromatic rings. The Morgan fingerprint density at radius 1 is 1.32 bits per heavy atom. The fraction of sp³-hybridized carbons (Fsp3) is 0.562. The third-order valence-electron chi connectivity index (χ3n) is 3.66. The van der Waals surface area contributed by atoms with E-state index < -0.39 is 12.0 Å². The van der Waals surface area contributed by atoms with Crippen LogP contribution in [0.1, 0.15) is 44.7 Å². The van der Waals surface area contributed by atoms with Crippen LogP contribution in [0.5, 0.6) is 0 Å². The Kier molecular flexibility index (Phi) is 4.59. The van der Waals surface area contributed by atoms with E-state index in [0.29, 0.717) is 12.0 Å². The Morgan fingerprint density at radius 3 is 2.42 bits per heavy atom. The summed E-state index contributed by atoms with van der Waals surface area (Å²) in [5.74, 6) is -0.131. The number of aliphatic carboxylic acids is 1. The third-order valence-corrected chi connectivity index (χ3v) is 3.66. The molecule has 0 spiro atoms. The highest BCUT2D eigenvalue weighted by molar-refractivity contribution is 5.75. The minimum absolute atomic E-state index is 0.458. The van der Waals surface area contributed by atoms with Crippen molar-refractivity contribution >= 4 is 5.97 Å². The van der Waals surface area contributed by atoms with Crippen molar-refractivity contribution in [3.05, 3.63) is 35.9 Å². The van der Waals surface area contributed by atoms with Gasteiger partial charge >= 0.3 is 5.97 Å². The molecule has 0 aromatic heterocycles. The molecule has 1 aliphatic carbocycles. The van der Waals surface area contributed by atoms with E-state index in [4.69, 9.17) is 0 Å². The van der Waals surface area contributed by atoms with Gasteiger partial charge in [-0.2, -0.15) is 0 Å². The molecule has 1 aliphatic rings. The topological polar surface area (TPSA) is 40.5 Å². The Bertz CT molecular complexity index is 412. The molecule has 1 N–H and O–H groups in total. The Morgan fingerprint density at radius 2 is 1.95 bits per heavy atom. The molecule has 0 amide bonds. The molecule has 0 heterocycles. The van der Waals surface area contributed by atoms with Gasteiger partial charge in [0.15, 0.2) is 0 Å². The average Bonchev–Trinajstić information content (AvgIpc) is 3.18. The molecule has 1 atom stereocenters. The predicted molar refractivity (Wildman–Crippen MR) is 76.0 cm³/mol. The first-order chi connectivity index (χ1) is 9.09. The number of hydrogen-bond donors (Lipinski definition) is 1. The first-order valence-electron chi connectivity index (χ1n) is 7.13. The highest BCUT2D eigenvalue weighted by atomic mass is 16.4. The summed E-state index contributed by atoms with van der Waals surface area (Å²) in [6.07, 6.45) is 3.32. The molecule has 0 aliphatic heterocycles. The Labute approximate surface area is 115 Å². The van der Waals surface area contributed by atoms with E-state index in [2.05, 4.69) is 18.7 Å². The number of benzene rings is 1. The lowest BCUT2D eigenvalue weighted by Crippen LogP contribution is -2.37. The van der Waals surface area contributed by atoms with Gasteiger partial charge in [-0.05, 0) is 37.3 Å². The summed E-state index contributed by atoms with van der Waals surface area (Å²) in [6.45, 7) is 5.24. The lowest BCUT2D eigenvalue weighted by molar-refractivity contribution is -0.144. The van der Waals surface area contributed by atoms with Crippen molar-refractivity contribution in [2.75, 3.05) is 6.54 Å². The average molecular weight is 261 g/mol. The molecule has 1 unspecified atom stereocenters. The standard InChI is InChI=1S/C16H23NO2/c1-12(2)10-11-17(14-8-9-14)15(16(18)19)13-6-4-3-5-7-13/h3-7,12,14-15H,8-11H2,1-2H3,(H,18,19). The molecule has 1 saturated carbocycles. The SMILES string of the molecule is CC(C)CCN(C1CC1)C(C(=O)O)c1ccccc1. The maximum atomic E-state index is 11.7. The van der Waals surface area contributed by atoms with Crippen LogP contribution < -0.4 is 0 Å². The summed E-state index contributed by atoms with van der Waals surface area (Å²) in [4.78, 5) is 13.9. The van der Waals surface area contributed by atoms with Gasteiger partial charge in [0.1, 0.15) is 6.04 Å². The molecule has 0 radical (unpaired) electrons. The van der Waals surface area contributed by atoms with Crippen LogP contribution in [-0.2, 0) is 4.79 Å². The van der Waals surface area contributed by atoms with Gasteiger partial charge in [0.25, 0.3) is 0 Å². The molecule has 104 valence electrons. The first kappa shape index (κ1) is 14.1. The molecule has 19 heavy (non-hydrogen) atoms. The van der Waals surface area contributed by atoms with Crippen molar-refractivity contribution in [1.29, 1.82) is 0 Å². The van der Waals surface area contributed by atoms with Gasteiger partial charge in [-0.3, -0.25) is 9.69 Å². The molecule has 3 heteroatoms. The fourth-order valence-electron chi connectivity index (χ4n) is 2.45. The predicted octanol–water partition coefficient (Wildman–Crippen LogP) is 3.32. The monoisotopic (exact) mass is 261 g/mol. The van der Waals surface area contributed by atoms with Gasteiger partial charge in [-0.25, -0.2) is 0 Å². The maximum Gasteiger partial charge on any atom is 0.325 e. The number of carbonyl (C=O) groups is 1. The zero-order valence-electron chi connectivity index (χ0n) is 11.7. The van der Waals surface area contributed by atoms with Crippen molar-refractivity contribution < 1.29 is 9.90 Å². The molecule has 0 bridgehead atoms. The van der Waals surface area contributed by atoms with Crippen LogP contribution in [0.15, 0.2) is 30.3 Å². The fourth-order valence-corrected chi connectivity index (χ4v) is 2.45. The number of carboxylic acids is 1. The molecule has 3 nitrogen and oxygen atoms in total. The Balaban J connectivity index is 2.17. The lowest BCUT2D eigenvalue weighted by Gasteiger charge is -2.29. The van der Waals surface area contributed by atoms with Crippen molar-refractivity contribution in [3.8, 4) is 0 Å². The maximum absolute atomic E-state index is 11.7. The number of hydrogen-bond acceptors (Lipinski definition) is 2. The summed E-state index contributed by atoms with van der Waals surface area (Å²) in [5.41, 5.74) is 0.894. The summed E-state index contributed by atoms with van der Waals surface area (Å²) >= 11 is 0. The van der Waals surface area contributed by atoms with Crippen LogP contribution in [0.2, 0.25) is 0 Å². The van der Waals surface area contributed by atoms with Crippen LogP contribution in [0.25, 0.3) is 0 Å². The van der Waals surface area contributed by atoms with E-state index in [1.54, 1.807) is 0 Å². The highest BCUT2D eigenvalue weighted by Gasteiger charge is 2.37. The van der Waals surface area contributed by atoms with E-state index in [1.807, 2.05) is 30.3 Å². The zero-order chi connectivity index (χ0) is 13.8. The van der Waals surface area contributed by atoms with Crippen LogP contribution in [0, 0.1) is 5.92 Å². The summed E-state index contributed by atoms with van der Waals surface area (Å²) in [7, 11) is 0. The van der Waals surface area contributed by atoms with Crippen molar-refractivity contribution in [1.82, 2.24) is 4.90 Å². The van der Waals surface area contributed by atoms with Crippen molar-refractivity contribution in [3.63, 3.8) is 0 Å². The Hall–Kier alpha value is -1.35. The van der Waals surface area contributed by atoms with Gasteiger partial charge < -0.3 is 5.11 Å². The second-order valence-electron chi connectivity index (χ2n) is 5.80. The normalized spacial score (nSPS) is 16.8. The van der Waals surface area contributed by atoms with Crippen LogP contribution in [0.4, 0.5) is 0 Å². The largest absolute Gasteiger partial charge is 0.480 e. The smallest absolute Gasteiger partial charge is 0.325 e. The summed E-state index contributed by atoms with van der Waals surface area (Å²) in [6, 6.07) is 9.57. The first-order valence-corrected chi connectivity index (χ1v) is 7.13. The molecular weight excluding hydrogens is 238 g/mol. The van der Waals surface area contributed by atoms with Crippen LogP contribution in [0.3, 0.4) is 0 Å². The number of rotatable bonds is 7. The van der Waals surface area contributed by atoms with Gasteiger partial charge in [0, 0.05) is 6.04 Å². The van der Waals surface area contributed by atoms with E-state index in [-0.39, 0.29) is 0 Å². The van der Waals surface area contributed by atoms with Gasteiger partial charge in [-0.1, -0.05) is 44.2 Å². The highest BCUT2D eigenvalue weighted by Crippen LogP contribution is 2.35. The summed E-state index contributed by atoms with van der Waals surface area (Å²) < 4.78 is 0. The second-order valence-corrected chi connectivity index (χ2v) is 5.80. The number of nitrogens with zero attached hydrogens (tertiary/aromatic N) is 1. The van der Waals surface area contributed by atoms with Crippen LogP contribution in [-0.4, -0.2) is 28.6 Å². The lowest BCUT2D eigenvalue weighted by atomic mass is 10.0. The molecule has 0 saturated heterocycles. The van der Waals surface area contributed by atoms with E-state index in [9.17, 15) is 9.90 Å². The third kappa shape index (κ3) is 3.80. The molecule has 2 rings (SSSR count). The van der Waals surface area contributed by atoms with E-state index in [1.165, 1.54) is 0 Å². The second kappa shape index (κ2) is 6.20.